The maximum atomic E-state index is 11.2. The molecule has 0 aliphatic heterocycles. The topological polar surface area (TPSA) is 55.1 Å². The first-order valence-electron chi connectivity index (χ1n) is 5.05. The average molecular weight is 251 g/mol. The minimum Gasteiger partial charge on any atom is -0.478 e. The van der Waals surface area contributed by atoms with Crippen LogP contribution in [-0.2, 0) is 0 Å². The first-order chi connectivity index (χ1) is 8.02. The molecule has 1 heterocycles. The maximum Gasteiger partial charge on any atom is 0.339 e. The van der Waals surface area contributed by atoms with Crippen molar-refractivity contribution in [2.75, 3.05) is 0 Å². The molecule has 0 amide bonds. The number of aromatic carboxylic acids is 1. The molecule has 0 saturated carbocycles. The summed E-state index contributed by atoms with van der Waals surface area (Å²) in [6.07, 6.45) is 1.60. The molecule has 0 aliphatic carbocycles. The Kier molecular flexibility index (Phi) is 2.90. The van der Waals surface area contributed by atoms with E-state index < -0.39 is 5.97 Å². The molecule has 0 radical (unpaired) electrons. The van der Waals surface area contributed by atoms with E-state index >= 15 is 0 Å². The van der Waals surface area contributed by atoms with Gasteiger partial charge in [0.05, 0.1) is 22.7 Å². The van der Waals surface area contributed by atoms with Crippen molar-refractivity contribution >= 4 is 17.6 Å². The summed E-state index contributed by atoms with van der Waals surface area (Å²) in [5, 5.41) is 9.41. The first-order valence-corrected chi connectivity index (χ1v) is 5.43. The van der Waals surface area contributed by atoms with Gasteiger partial charge in [-0.05, 0) is 26.0 Å². The van der Waals surface area contributed by atoms with Gasteiger partial charge in [0, 0.05) is 5.69 Å². The van der Waals surface area contributed by atoms with Gasteiger partial charge in [0.1, 0.15) is 5.56 Å². The van der Waals surface area contributed by atoms with Crippen molar-refractivity contribution in [2.24, 2.45) is 0 Å². The summed E-state index contributed by atoms with van der Waals surface area (Å²) in [5.74, 6) is -1.05. The van der Waals surface area contributed by atoms with E-state index in [4.69, 9.17) is 11.6 Å². The molecule has 5 heteroatoms. The van der Waals surface area contributed by atoms with Crippen LogP contribution in [-0.4, -0.2) is 20.6 Å². The second-order valence-electron chi connectivity index (χ2n) is 3.72. The molecule has 0 spiro atoms. The van der Waals surface area contributed by atoms with Crippen LogP contribution in [0.15, 0.2) is 24.5 Å². The summed E-state index contributed by atoms with van der Waals surface area (Å²) in [4.78, 5) is 15.4. The molecular weight excluding hydrogens is 240 g/mol. The molecule has 1 aromatic heterocycles. The number of hydrogen-bond donors (Lipinski definition) is 1. The van der Waals surface area contributed by atoms with E-state index in [1.54, 1.807) is 29.1 Å². The number of carboxylic acid groups (broad SMARTS) is 1. The molecule has 4 nitrogen and oxygen atoms in total. The zero-order chi connectivity index (χ0) is 12.6. The van der Waals surface area contributed by atoms with Crippen LogP contribution in [0.25, 0.3) is 5.69 Å². The fraction of sp³-hybridized carbons (Fsp3) is 0.167. The van der Waals surface area contributed by atoms with Crippen molar-refractivity contribution in [3.63, 3.8) is 0 Å². The largest absolute Gasteiger partial charge is 0.478 e. The van der Waals surface area contributed by atoms with E-state index in [1.807, 2.05) is 13.8 Å². The lowest BCUT2D eigenvalue weighted by molar-refractivity contribution is 0.0697. The Morgan fingerprint density at radius 2 is 2.12 bits per heavy atom. The van der Waals surface area contributed by atoms with Crippen LogP contribution < -0.4 is 0 Å². The normalized spacial score (nSPS) is 10.5. The highest BCUT2D eigenvalue weighted by molar-refractivity contribution is 6.34. The zero-order valence-corrected chi connectivity index (χ0v) is 10.2. The van der Waals surface area contributed by atoms with Crippen LogP contribution in [0.4, 0.5) is 0 Å². The summed E-state index contributed by atoms with van der Waals surface area (Å²) < 4.78 is 1.73. The molecule has 0 saturated heterocycles. The van der Waals surface area contributed by atoms with Crippen molar-refractivity contribution in [3.8, 4) is 5.69 Å². The van der Waals surface area contributed by atoms with Crippen LogP contribution in [0.2, 0.25) is 5.02 Å². The van der Waals surface area contributed by atoms with Crippen LogP contribution in [0.1, 0.15) is 21.7 Å². The van der Waals surface area contributed by atoms with Crippen molar-refractivity contribution in [3.05, 3.63) is 46.5 Å². The van der Waals surface area contributed by atoms with Gasteiger partial charge in [-0.15, -0.1) is 0 Å². The molecule has 0 atom stereocenters. The molecule has 2 rings (SSSR count). The Labute approximate surface area is 103 Å². The second kappa shape index (κ2) is 4.22. The molecule has 0 unspecified atom stereocenters. The van der Waals surface area contributed by atoms with Gasteiger partial charge in [-0.1, -0.05) is 17.7 Å². The first kappa shape index (κ1) is 11.7. The van der Waals surface area contributed by atoms with Crippen LogP contribution in [0.3, 0.4) is 0 Å². The number of benzene rings is 1. The lowest BCUT2D eigenvalue weighted by atomic mass is 10.1. The van der Waals surface area contributed by atoms with Crippen molar-refractivity contribution in [1.82, 2.24) is 9.55 Å². The number of aromatic nitrogens is 2. The van der Waals surface area contributed by atoms with E-state index in [-0.39, 0.29) is 10.6 Å². The van der Waals surface area contributed by atoms with Gasteiger partial charge in [-0.25, -0.2) is 9.78 Å². The van der Waals surface area contributed by atoms with Crippen LogP contribution in [0, 0.1) is 13.8 Å². The molecule has 88 valence electrons. The summed E-state index contributed by atoms with van der Waals surface area (Å²) >= 11 is 5.92. The van der Waals surface area contributed by atoms with E-state index in [0.29, 0.717) is 5.69 Å². The standard InChI is InChI=1S/C12H11ClN2O2/c1-7-8(2)15(6-14-7)10-5-3-4-9(13)11(10)12(16)17/h3-6H,1-2H3,(H,16,17). The summed E-state index contributed by atoms with van der Waals surface area (Å²) in [5.41, 5.74) is 2.38. The molecule has 0 fully saturated rings. The summed E-state index contributed by atoms with van der Waals surface area (Å²) in [6, 6.07) is 5.00. The molecule has 1 aromatic carbocycles. The highest BCUT2D eigenvalue weighted by Crippen LogP contribution is 2.24. The third-order valence-electron chi connectivity index (χ3n) is 2.72. The second-order valence-corrected chi connectivity index (χ2v) is 4.13. The van der Waals surface area contributed by atoms with Gasteiger partial charge < -0.3 is 9.67 Å². The molecule has 0 bridgehead atoms. The molecular formula is C12H11ClN2O2. The lowest BCUT2D eigenvalue weighted by Gasteiger charge is -2.10. The number of nitrogens with zero attached hydrogens (tertiary/aromatic N) is 2. The molecule has 0 aliphatic rings. The lowest BCUT2D eigenvalue weighted by Crippen LogP contribution is -2.06. The van der Waals surface area contributed by atoms with Gasteiger partial charge in [0.2, 0.25) is 0 Å². The van der Waals surface area contributed by atoms with E-state index in [1.165, 1.54) is 0 Å². The predicted molar refractivity (Wildman–Crippen MR) is 65.0 cm³/mol. The van der Waals surface area contributed by atoms with Crippen molar-refractivity contribution in [1.29, 1.82) is 0 Å². The fourth-order valence-electron chi connectivity index (χ4n) is 1.67. The maximum absolute atomic E-state index is 11.2. The zero-order valence-electron chi connectivity index (χ0n) is 9.44. The smallest absolute Gasteiger partial charge is 0.339 e. The third-order valence-corrected chi connectivity index (χ3v) is 3.03. The van der Waals surface area contributed by atoms with E-state index in [0.717, 1.165) is 11.4 Å². The Morgan fingerprint density at radius 3 is 2.65 bits per heavy atom. The number of aryl methyl sites for hydroxylation is 1. The number of rotatable bonds is 2. The average Bonchev–Trinajstić information content (AvgIpc) is 2.59. The Balaban J connectivity index is 2.72. The third kappa shape index (κ3) is 1.91. The summed E-state index contributed by atoms with van der Waals surface area (Å²) in [7, 11) is 0. The highest BCUT2D eigenvalue weighted by atomic mass is 35.5. The van der Waals surface area contributed by atoms with Gasteiger partial charge >= 0.3 is 5.97 Å². The molecule has 1 N–H and O–H groups in total. The van der Waals surface area contributed by atoms with Gasteiger partial charge in [0.15, 0.2) is 0 Å². The number of carbonyl (C=O) groups is 1. The molecule has 17 heavy (non-hydrogen) atoms. The van der Waals surface area contributed by atoms with Crippen molar-refractivity contribution in [2.45, 2.75) is 13.8 Å². The van der Waals surface area contributed by atoms with E-state index in [2.05, 4.69) is 4.98 Å². The Morgan fingerprint density at radius 1 is 1.41 bits per heavy atom. The molecule has 2 aromatic rings. The number of halogens is 1. The Hall–Kier alpha value is -1.81. The summed E-state index contributed by atoms with van der Waals surface area (Å²) in [6.45, 7) is 3.76. The highest BCUT2D eigenvalue weighted by Gasteiger charge is 2.17. The van der Waals surface area contributed by atoms with Crippen LogP contribution >= 0.6 is 11.6 Å². The van der Waals surface area contributed by atoms with Crippen LogP contribution in [0.5, 0.6) is 0 Å². The monoisotopic (exact) mass is 250 g/mol. The minimum atomic E-state index is -1.05. The quantitative estimate of drug-likeness (QED) is 0.892. The van der Waals surface area contributed by atoms with Crippen molar-refractivity contribution < 1.29 is 9.90 Å². The van der Waals surface area contributed by atoms with Gasteiger partial charge in [-0.2, -0.15) is 0 Å². The van der Waals surface area contributed by atoms with Gasteiger partial charge in [0.25, 0.3) is 0 Å². The van der Waals surface area contributed by atoms with Gasteiger partial charge in [-0.3, -0.25) is 0 Å². The predicted octanol–water partition coefficient (Wildman–Crippen LogP) is 2.84. The van der Waals surface area contributed by atoms with E-state index in [9.17, 15) is 9.90 Å². The number of hydrogen-bond acceptors (Lipinski definition) is 2. The Bertz CT molecular complexity index is 590. The SMILES string of the molecule is Cc1ncn(-c2cccc(Cl)c2C(=O)O)c1C. The minimum absolute atomic E-state index is 0.0923. The number of imidazole rings is 1. The number of carboxylic acids is 1. The fourth-order valence-corrected chi connectivity index (χ4v) is 1.92.